The third-order valence-electron chi connectivity index (χ3n) is 4.81. The van der Waals surface area contributed by atoms with E-state index in [4.69, 9.17) is 18.5 Å². The van der Waals surface area contributed by atoms with Gasteiger partial charge in [0.25, 0.3) is 5.08 Å². The Balaban J connectivity index is 1.71. The van der Waals surface area contributed by atoms with Crippen molar-refractivity contribution in [3.8, 4) is 5.75 Å². The van der Waals surface area contributed by atoms with Gasteiger partial charge in [-0.05, 0) is 36.1 Å². The van der Waals surface area contributed by atoms with E-state index in [1.54, 1.807) is 0 Å². The van der Waals surface area contributed by atoms with Crippen molar-refractivity contribution in [1.29, 1.82) is 0 Å². The molecule has 1 aliphatic rings. The van der Waals surface area contributed by atoms with Gasteiger partial charge in [-0.1, -0.05) is 32.0 Å². The average molecular weight is 501 g/mol. The summed E-state index contributed by atoms with van der Waals surface area (Å²) in [5.74, 6) is 0.469. The Morgan fingerprint density at radius 2 is 1.79 bits per heavy atom. The van der Waals surface area contributed by atoms with Crippen LogP contribution in [0.2, 0.25) is 0 Å². The summed E-state index contributed by atoms with van der Waals surface area (Å²) in [5.41, 5.74) is 0.318. The first-order valence-electron chi connectivity index (χ1n) is 10.0. The van der Waals surface area contributed by atoms with E-state index in [2.05, 4.69) is 4.98 Å². The fourth-order valence-electron chi connectivity index (χ4n) is 2.90. The van der Waals surface area contributed by atoms with Gasteiger partial charge in [-0.15, -0.1) is 0 Å². The van der Waals surface area contributed by atoms with Crippen LogP contribution >= 0.6 is 15.2 Å². The highest BCUT2D eigenvalue weighted by Gasteiger charge is 2.67. The molecule has 33 heavy (non-hydrogen) atoms. The van der Waals surface area contributed by atoms with Crippen molar-refractivity contribution in [2.24, 2.45) is 5.92 Å². The van der Waals surface area contributed by atoms with Gasteiger partial charge in [0.05, 0.1) is 6.61 Å². The first kappa shape index (κ1) is 25.5. The molecule has 1 aromatic heterocycles. The number of aromatic nitrogens is 1. The SMILES string of the molecule is CC(C)CCOC(=O)Oc1ccc(C2OP(=O)(O)C(O)(Cc3cccnc3)P(=O)(O)O2)cc1. The molecular weight excluding hydrogens is 476 g/mol. The van der Waals surface area contributed by atoms with Crippen molar-refractivity contribution in [2.45, 2.75) is 38.1 Å². The van der Waals surface area contributed by atoms with Gasteiger partial charge in [-0.2, -0.15) is 0 Å². The predicted molar refractivity (Wildman–Crippen MR) is 115 cm³/mol. The summed E-state index contributed by atoms with van der Waals surface area (Å²) in [4.78, 5) is 36.3. The van der Waals surface area contributed by atoms with Crippen LogP contribution in [-0.2, 0) is 29.3 Å². The van der Waals surface area contributed by atoms with Gasteiger partial charge in [-0.3, -0.25) is 23.2 Å². The Bertz CT molecular complexity index is 1030. The molecule has 1 aromatic carbocycles. The third kappa shape index (κ3) is 5.88. The summed E-state index contributed by atoms with van der Waals surface area (Å²) < 4.78 is 45.7. The molecule has 1 saturated heterocycles. The zero-order valence-electron chi connectivity index (χ0n) is 17.9. The van der Waals surface area contributed by atoms with Crippen LogP contribution in [0.25, 0.3) is 0 Å². The summed E-state index contributed by atoms with van der Waals surface area (Å²) in [6, 6.07) is 8.24. The normalized spacial score (nSPS) is 29.6. The molecule has 3 N–H and O–H groups in total. The molecule has 3 rings (SSSR count). The van der Waals surface area contributed by atoms with Gasteiger partial charge in [0, 0.05) is 24.4 Å². The smallest absolute Gasteiger partial charge is 0.434 e. The van der Waals surface area contributed by atoms with Crippen molar-refractivity contribution < 1.29 is 47.3 Å². The quantitative estimate of drug-likeness (QED) is 0.286. The molecular formula is C20H25NO10P2. The third-order valence-corrected chi connectivity index (χ3v) is 9.41. The van der Waals surface area contributed by atoms with Crippen molar-refractivity contribution >= 4 is 21.3 Å². The van der Waals surface area contributed by atoms with Crippen LogP contribution in [0.3, 0.4) is 0 Å². The van der Waals surface area contributed by atoms with E-state index >= 15 is 0 Å². The van der Waals surface area contributed by atoms with Crippen molar-refractivity contribution in [2.75, 3.05) is 6.61 Å². The Labute approximate surface area is 190 Å². The highest BCUT2D eigenvalue weighted by Crippen LogP contribution is 2.79. The van der Waals surface area contributed by atoms with Gasteiger partial charge in [0.15, 0.2) is 0 Å². The minimum Gasteiger partial charge on any atom is -0.434 e. The van der Waals surface area contributed by atoms with Crippen LogP contribution < -0.4 is 4.74 Å². The first-order chi connectivity index (χ1) is 15.4. The molecule has 1 aliphatic heterocycles. The lowest BCUT2D eigenvalue weighted by atomic mass is 10.1. The summed E-state index contributed by atoms with van der Waals surface area (Å²) in [6.07, 6.45) is 0.0802. The van der Waals surface area contributed by atoms with E-state index in [9.17, 15) is 28.8 Å². The lowest BCUT2D eigenvalue weighted by molar-refractivity contribution is -0.0579. The molecule has 0 saturated carbocycles. The lowest BCUT2D eigenvalue weighted by Crippen LogP contribution is -2.37. The summed E-state index contributed by atoms with van der Waals surface area (Å²) in [6.45, 7) is 4.18. The van der Waals surface area contributed by atoms with Gasteiger partial charge >= 0.3 is 21.3 Å². The van der Waals surface area contributed by atoms with Crippen LogP contribution in [0.15, 0.2) is 48.8 Å². The fourth-order valence-corrected chi connectivity index (χ4v) is 6.48. The molecule has 0 spiro atoms. The minimum absolute atomic E-state index is 0.0857. The van der Waals surface area contributed by atoms with Crippen LogP contribution in [0, 0.1) is 5.92 Å². The Kier molecular flexibility index (Phi) is 7.76. The van der Waals surface area contributed by atoms with Crippen molar-refractivity contribution in [3.05, 3.63) is 59.9 Å². The molecule has 2 unspecified atom stereocenters. The maximum Gasteiger partial charge on any atom is 0.513 e. The maximum atomic E-state index is 12.8. The molecule has 0 bridgehead atoms. The number of carbonyl (C=O) groups is 1. The standard InChI is InChI=1S/C20H25NO10P2/c1-14(2)9-11-28-19(22)29-17-7-5-16(6-8-17)18-30-32(24,25)20(23,33(26,27)31-18)12-15-4-3-10-21-13-15/h3-8,10,13-14,18,23H,9,11-12H2,1-2H3,(H,24,25)(H,26,27). The zero-order valence-corrected chi connectivity index (χ0v) is 19.7. The van der Waals surface area contributed by atoms with Crippen LogP contribution in [0.1, 0.15) is 37.7 Å². The van der Waals surface area contributed by atoms with E-state index in [1.165, 1.54) is 48.8 Å². The molecule has 2 atom stereocenters. The van der Waals surface area contributed by atoms with Gasteiger partial charge in [0.1, 0.15) is 5.75 Å². The highest BCUT2D eigenvalue weighted by atomic mass is 31.2. The van der Waals surface area contributed by atoms with Gasteiger partial charge in [0.2, 0.25) is 6.29 Å². The molecule has 180 valence electrons. The van der Waals surface area contributed by atoms with Crippen LogP contribution in [-0.4, -0.2) is 37.7 Å². The molecule has 0 radical (unpaired) electrons. The number of pyridine rings is 1. The van der Waals surface area contributed by atoms with Crippen LogP contribution in [0.5, 0.6) is 5.75 Å². The predicted octanol–water partition coefficient (Wildman–Crippen LogP) is 3.95. The Morgan fingerprint density at radius 3 is 2.33 bits per heavy atom. The fraction of sp³-hybridized carbons (Fsp3) is 0.400. The molecule has 0 aliphatic carbocycles. The van der Waals surface area contributed by atoms with E-state index in [1.807, 2.05) is 13.8 Å². The summed E-state index contributed by atoms with van der Waals surface area (Å²) in [7, 11) is -10.2. The van der Waals surface area contributed by atoms with Gasteiger partial charge in [-0.25, -0.2) is 4.79 Å². The zero-order chi connectivity index (χ0) is 24.3. The molecule has 2 aromatic rings. The van der Waals surface area contributed by atoms with E-state index in [0.29, 0.717) is 12.3 Å². The van der Waals surface area contributed by atoms with Crippen molar-refractivity contribution in [1.82, 2.24) is 4.98 Å². The monoisotopic (exact) mass is 501 g/mol. The number of aliphatic hydroxyl groups is 1. The molecule has 0 amide bonds. The van der Waals surface area contributed by atoms with Gasteiger partial charge < -0.3 is 24.4 Å². The number of rotatable bonds is 7. The minimum atomic E-state index is -5.09. The lowest BCUT2D eigenvalue weighted by Gasteiger charge is -2.41. The largest absolute Gasteiger partial charge is 0.513 e. The number of carbonyl (C=O) groups excluding carboxylic acids is 1. The van der Waals surface area contributed by atoms with E-state index in [0.717, 1.165) is 0 Å². The van der Waals surface area contributed by atoms with E-state index in [-0.39, 0.29) is 23.5 Å². The number of hydrogen-bond donors (Lipinski definition) is 3. The van der Waals surface area contributed by atoms with Crippen molar-refractivity contribution in [3.63, 3.8) is 0 Å². The first-order valence-corrected chi connectivity index (χ1v) is 13.2. The second kappa shape index (κ2) is 10.0. The number of hydrogen-bond acceptors (Lipinski definition) is 9. The topological polar surface area (TPSA) is 162 Å². The number of nitrogens with zero attached hydrogens (tertiary/aromatic N) is 1. The second-order valence-electron chi connectivity index (χ2n) is 7.85. The average Bonchev–Trinajstić information content (AvgIpc) is 2.73. The van der Waals surface area contributed by atoms with E-state index < -0.39 is 39.1 Å². The Morgan fingerprint density at radius 1 is 1.15 bits per heavy atom. The summed E-state index contributed by atoms with van der Waals surface area (Å²) >= 11 is 0. The molecule has 2 heterocycles. The number of benzene rings is 1. The summed E-state index contributed by atoms with van der Waals surface area (Å²) in [5, 5.41) is 7.64. The number of ether oxygens (including phenoxy) is 2. The second-order valence-corrected chi connectivity index (χ2v) is 12.2. The maximum absolute atomic E-state index is 12.8. The molecule has 1 fully saturated rings. The molecule has 13 heteroatoms. The Hall–Kier alpha value is -2.10. The highest BCUT2D eigenvalue weighted by molar-refractivity contribution is 7.73. The molecule has 11 nitrogen and oxygen atoms in total. The van der Waals surface area contributed by atoms with Crippen LogP contribution in [0.4, 0.5) is 4.79 Å².